The minimum absolute atomic E-state index is 0.144. The zero-order chi connectivity index (χ0) is 19.9. The smallest absolute Gasteiger partial charge is 0.387 e. The number of hydrogen-bond acceptors (Lipinski definition) is 3. The summed E-state index contributed by atoms with van der Waals surface area (Å²) in [6.45, 7) is -2.01. The van der Waals surface area contributed by atoms with Gasteiger partial charge < -0.3 is 19.7 Å². The molecule has 2 aromatic carbocycles. The maximum Gasteiger partial charge on any atom is 0.387 e. The molecule has 0 saturated heterocycles. The van der Waals surface area contributed by atoms with E-state index >= 15 is 0 Å². The highest BCUT2D eigenvalue weighted by Gasteiger charge is 2.23. The van der Waals surface area contributed by atoms with Gasteiger partial charge in [0.05, 0.1) is 12.6 Å². The fourth-order valence-corrected chi connectivity index (χ4v) is 3.29. The van der Waals surface area contributed by atoms with E-state index in [1.807, 2.05) is 30.3 Å². The van der Waals surface area contributed by atoms with Gasteiger partial charge in [0.2, 0.25) is 0 Å². The number of rotatable bonds is 7. The summed E-state index contributed by atoms with van der Waals surface area (Å²) in [4.78, 5) is 14.1. The van der Waals surface area contributed by atoms with Crippen molar-refractivity contribution < 1.29 is 23.0 Å². The van der Waals surface area contributed by atoms with Gasteiger partial charge in [-0.3, -0.25) is 0 Å². The molecule has 0 spiro atoms. The number of likely N-dealkylation sites (N-methyl/N-ethyl adjacent to an activating group) is 1. The Morgan fingerprint density at radius 1 is 1.21 bits per heavy atom. The molecule has 0 aliphatic heterocycles. The van der Waals surface area contributed by atoms with Gasteiger partial charge in [-0.25, -0.2) is 4.79 Å². The predicted molar refractivity (Wildman–Crippen MR) is 102 cm³/mol. The monoisotopic (exact) mass is 390 g/mol. The first kappa shape index (κ1) is 19.9. The second-order valence-electron chi connectivity index (χ2n) is 6.72. The number of alkyl halides is 2. The van der Waals surface area contributed by atoms with Crippen molar-refractivity contribution in [3.63, 3.8) is 0 Å². The molecule has 2 amide bonds. The van der Waals surface area contributed by atoms with E-state index in [0.29, 0.717) is 13.2 Å². The third-order valence-corrected chi connectivity index (χ3v) is 4.74. The first-order valence-corrected chi connectivity index (χ1v) is 9.30. The molecule has 0 saturated carbocycles. The Hall–Kier alpha value is -2.83. The standard InChI is InChI=1S/C21H24F2N2O3/c1-25(12-13-27-16-7-3-2-4-8-16)21(26)24-19-9-5-6-15-14-17(28-20(22)23)10-11-18(15)19/h2-4,7-8,10-11,14,19-20H,5-6,9,12-13H2,1H3,(H,24,26). The van der Waals surface area contributed by atoms with Gasteiger partial charge in [-0.1, -0.05) is 24.3 Å². The number of ether oxygens (including phenoxy) is 2. The van der Waals surface area contributed by atoms with Crippen LogP contribution in [0.15, 0.2) is 48.5 Å². The van der Waals surface area contributed by atoms with E-state index < -0.39 is 6.61 Å². The van der Waals surface area contributed by atoms with Crippen LogP contribution in [0.3, 0.4) is 0 Å². The minimum atomic E-state index is -2.84. The van der Waals surface area contributed by atoms with Crippen LogP contribution in [0.5, 0.6) is 11.5 Å². The molecular formula is C21H24F2N2O3. The summed E-state index contributed by atoms with van der Waals surface area (Å²) in [5.74, 6) is 0.912. The van der Waals surface area contributed by atoms with Crippen LogP contribution in [0.4, 0.5) is 13.6 Å². The molecule has 1 aliphatic rings. The zero-order valence-electron chi connectivity index (χ0n) is 15.7. The Balaban J connectivity index is 1.54. The number of aryl methyl sites for hydroxylation is 1. The van der Waals surface area contributed by atoms with Crippen molar-refractivity contribution in [2.75, 3.05) is 20.2 Å². The molecule has 1 aliphatic carbocycles. The van der Waals surface area contributed by atoms with E-state index in [1.54, 1.807) is 24.1 Å². The SMILES string of the molecule is CN(CCOc1ccccc1)C(=O)NC1CCCc2cc(OC(F)F)ccc21. The number of amides is 2. The van der Waals surface area contributed by atoms with Gasteiger partial charge in [0.25, 0.3) is 0 Å². The molecule has 0 bridgehead atoms. The lowest BCUT2D eigenvalue weighted by Gasteiger charge is -2.29. The van der Waals surface area contributed by atoms with Gasteiger partial charge >= 0.3 is 12.6 Å². The maximum atomic E-state index is 12.5. The third-order valence-electron chi connectivity index (χ3n) is 4.74. The zero-order valence-corrected chi connectivity index (χ0v) is 15.7. The highest BCUT2D eigenvalue weighted by atomic mass is 19.3. The summed E-state index contributed by atoms with van der Waals surface area (Å²) in [6.07, 6.45) is 2.46. The molecule has 150 valence electrons. The maximum absolute atomic E-state index is 12.5. The number of urea groups is 1. The van der Waals surface area contributed by atoms with E-state index in [-0.39, 0.29) is 17.8 Å². The minimum Gasteiger partial charge on any atom is -0.492 e. The molecule has 1 atom stereocenters. The molecule has 0 aromatic heterocycles. The number of carbonyl (C=O) groups excluding carboxylic acids is 1. The molecular weight excluding hydrogens is 366 g/mol. The lowest BCUT2D eigenvalue weighted by atomic mass is 9.87. The lowest BCUT2D eigenvalue weighted by molar-refractivity contribution is -0.0499. The highest BCUT2D eigenvalue weighted by Crippen LogP contribution is 2.32. The molecule has 28 heavy (non-hydrogen) atoms. The third kappa shape index (κ3) is 5.34. The largest absolute Gasteiger partial charge is 0.492 e. The average molecular weight is 390 g/mol. The van der Waals surface area contributed by atoms with Gasteiger partial charge in [0, 0.05) is 7.05 Å². The van der Waals surface area contributed by atoms with Crippen LogP contribution in [0.2, 0.25) is 0 Å². The molecule has 0 radical (unpaired) electrons. The normalized spacial score (nSPS) is 15.6. The van der Waals surface area contributed by atoms with Gasteiger partial charge in [-0.15, -0.1) is 0 Å². The summed E-state index contributed by atoms with van der Waals surface area (Å²) >= 11 is 0. The number of halogens is 2. The summed E-state index contributed by atoms with van der Waals surface area (Å²) < 4.78 is 34.9. The number of nitrogens with zero attached hydrogens (tertiary/aromatic N) is 1. The Morgan fingerprint density at radius 2 is 2.00 bits per heavy atom. The molecule has 1 N–H and O–H groups in total. The van der Waals surface area contributed by atoms with Crippen molar-refractivity contribution in [3.8, 4) is 11.5 Å². The topological polar surface area (TPSA) is 50.8 Å². The first-order chi connectivity index (χ1) is 13.5. The fraction of sp³-hybridized carbons (Fsp3) is 0.381. The number of fused-ring (bicyclic) bond motifs is 1. The summed E-state index contributed by atoms with van der Waals surface area (Å²) in [7, 11) is 1.72. The number of para-hydroxylation sites is 1. The van der Waals surface area contributed by atoms with Crippen LogP contribution in [0, 0.1) is 0 Å². The quantitative estimate of drug-likeness (QED) is 0.763. The Kier molecular flexibility index (Phi) is 6.68. The first-order valence-electron chi connectivity index (χ1n) is 9.30. The summed E-state index contributed by atoms with van der Waals surface area (Å²) in [6, 6.07) is 14.0. The van der Waals surface area contributed by atoms with Crippen molar-refractivity contribution in [3.05, 3.63) is 59.7 Å². The van der Waals surface area contributed by atoms with E-state index in [2.05, 4.69) is 10.1 Å². The predicted octanol–water partition coefficient (Wildman–Crippen LogP) is 4.39. The molecule has 3 rings (SSSR count). The van der Waals surface area contributed by atoms with Crippen molar-refractivity contribution in [2.45, 2.75) is 31.9 Å². The number of benzene rings is 2. The van der Waals surface area contributed by atoms with Gasteiger partial charge in [-0.05, 0) is 54.7 Å². The van der Waals surface area contributed by atoms with Crippen LogP contribution in [0.1, 0.15) is 30.0 Å². The number of nitrogens with one attached hydrogen (secondary N) is 1. The number of hydrogen-bond donors (Lipinski definition) is 1. The number of carbonyl (C=O) groups is 1. The fourth-order valence-electron chi connectivity index (χ4n) is 3.29. The van der Waals surface area contributed by atoms with Crippen LogP contribution in [-0.4, -0.2) is 37.7 Å². The Morgan fingerprint density at radius 3 is 2.75 bits per heavy atom. The molecule has 5 nitrogen and oxygen atoms in total. The van der Waals surface area contributed by atoms with Crippen molar-refractivity contribution in [2.24, 2.45) is 0 Å². The van der Waals surface area contributed by atoms with Crippen molar-refractivity contribution in [1.82, 2.24) is 10.2 Å². The van der Waals surface area contributed by atoms with Gasteiger partial charge in [0.15, 0.2) is 0 Å². The molecule has 2 aromatic rings. The van der Waals surface area contributed by atoms with Gasteiger partial charge in [0.1, 0.15) is 18.1 Å². The molecule has 1 unspecified atom stereocenters. The second-order valence-corrected chi connectivity index (χ2v) is 6.72. The van der Waals surface area contributed by atoms with Crippen molar-refractivity contribution in [1.29, 1.82) is 0 Å². The lowest BCUT2D eigenvalue weighted by Crippen LogP contribution is -2.41. The Labute approximate surface area is 163 Å². The summed E-state index contributed by atoms with van der Waals surface area (Å²) in [5.41, 5.74) is 1.89. The average Bonchev–Trinajstić information content (AvgIpc) is 2.68. The van der Waals surface area contributed by atoms with Crippen LogP contribution in [-0.2, 0) is 6.42 Å². The van der Waals surface area contributed by atoms with Crippen LogP contribution in [0.25, 0.3) is 0 Å². The van der Waals surface area contributed by atoms with E-state index in [1.165, 1.54) is 6.07 Å². The second kappa shape index (κ2) is 9.39. The molecule has 7 heteroatoms. The van der Waals surface area contributed by atoms with Crippen LogP contribution < -0.4 is 14.8 Å². The van der Waals surface area contributed by atoms with E-state index in [4.69, 9.17) is 4.74 Å². The van der Waals surface area contributed by atoms with E-state index in [9.17, 15) is 13.6 Å². The molecule has 0 fully saturated rings. The summed E-state index contributed by atoms with van der Waals surface area (Å²) in [5, 5.41) is 3.03. The Bertz CT molecular complexity index is 786. The molecule has 0 heterocycles. The van der Waals surface area contributed by atoms with Crippen LogP contribution >= 0.6 is 0 Å². The van der Waals surface area contributed by atoms with Gasteiger partial charge in [-0.2, -0.15) is 8.78 Å². The van der Waals surface area contributed by atoms with Crippen molar-refractivity contribution >= 4 is 6.03 Å². The highest BCUT2D eigenvalue weighted by molar-refractivity contribution is 5.74. The van der Waals surface area contributed by atoms with E-state index in [0.717, 1.165) is 36.1 Å².